The van der Waals surface area contributed by atoms with E-state index in [4.69, 9.17) is 9.88 Å². The number of halogens is 1. The van der Waals surface area contributed by atoms with Gasteiger partial charge in [0.05, 0.1) is 23.6 Å². The molecule has 0 bridgehead atoms. The van der Waals surface area contributed by atoms with Crippen LogP contribution in [0.4, 0.5) is 5.69 Å². The lowest BCUT2D eigenvalue weighted by Gasteiger charge is -2.22. The molecule has 1 saturated heterocycles. The Balaban J connectivity index is 0.00000242. The standard InChI is InChI=1S/C13H19N3O4S.ClH/c1-20-12-5-4-10(21(14,18)19)7-11(12)16-13(17)9-3-2-6-15-8-9;/h4-5,7,9,15H,2-3,6,8H2,1H3,(H,16,17)(H2,14,18,19);1H. The number of benzene rings is 1. The SMILES string of the molecule is COc1ccc(S(N)(=O)=O)cc1NC(=O)C1CCCNC1.Cl. The molecule has 2 rings (SSSR count). The lowest BCUT2D eigenvalue weighted by atomic mass is 9.99. The number of nitrogens with two attached hydrogens (primary N) is 1. The maximum absolute atomic E-state index is 12.2. The van der Waals surface area contributed by atoms with Crippen molar-refractivity contribution in [2.75, 3.05) is 25.5 Å². The Bertz CT molecular complexity index is 630. The summed E-state index contributed by atoms with van der Waals surface area (Å²) in [5, 5.41) is 11.0. The Labute approximate surface area is 136 Å². The highest BCUT2D eigenvalue weighted by Gasteiger charge is 2.22. The van der Waals surface area contributed by atoms with Crippen LogP contribution in [-0.2, 0) is 14.8 Å². The zero-order valence-electron chi connectivity index (χ0n) is 12.2. The van der Waals surface area contributed by atoms with Crippen molar-refractivity contribution < 1.29 is 17.9 Å². The van der Waals surface area contributed by atoms with Crippen molar-refractivity contribution in [2.45, 2.75) is 17.7 Å². The van der Waals surface area contributed by atoms with Gasteiger partial charge in [0.1, 0.15) is 5.75 Å². The molecule has 1 amide bonds. The summed E-state index contributed by atoms with van der Waals surface area (Å²) in [7, 11) is -2.38. The van der Waals surface area contributed by atoms with E-state index >= 15 is 0 Å². The molecule has 9 heteroatoms. The normalized spacial score (nSPS) is 18.2. The number of hydrogen-bond acceptors (Lipinski definition) is 5. The summed E-state index contributed by atoms with van der Waals surface area (Å²) < 4.78 is 27.9. The quantitative estimate of drug-likeness (QED) is 0.741. The van der Waals surface area contributed by atoms with Crippen molar-refractivity contribution >= 4 is 34.0 Å². The lowest BCUT2D eigenvalue weighted by Crippen LogP contribution is -2.37. The average molecular weight is 350 g/mol. The molecular weight excluding hydrogens is 330 g/mol. The van der Waals surface area contributed by atoms with Crippen LogP contribution in [0.15, 0.2) is 23.1 Å². The zero-order valence-corrected chi connectivity index (χ0v) is 13.8. The summed E-state index contributed by atoms with van der Waals surface area (Å²) in [6, 6.07) is 4.11. The number of amides is 1. The molecule has 7 nitrogen and oxygen atoms in total. The third-order valence-corrected chi connectivity index (χ3v) is 4.34. The van der Waals surface area contributed by atoms with Gasteiger partial charge >= 0.3 is 0 Å². The molecule has 22 heavy (non-hydrogen) atoms. The number of ether oxygens (including phenoxy) is 1. The number of anilines is 1. The van der Waals surface area contributed by atoms with Crippen LogP contribution in [0.25, 0.3) is 0 Å². The Morgan fingerprint density at radius 1 is 1.45 bits per heavy atom. The second-order valence-corrected chi connectivity index (χ2v) is 6.50. The van der Waals surface area contributed by atoms with Gasteiger partial charge in [0.15, 0.2) is 0 Å². The number of piperidine rings is 1. The minimum absolute atomic E-state index is 0. The zero-order chi connectivity index (χ0) is 15.5. The lowest BCUT2D eigenvalue weighted by molar-refractivity contribution is -0.120. The largest absolute Gasteiger partial charge is 0.495 e. The van der Waals surface area contributed by atoms with Gasteiger partial charge in [-0.05, 0) is 37.6 Å². The molecule has 0 radical (unpaired) electrons. The van der Waals surface area contributed by atoms with Gasteiger partial charge in [-0.15, -0.1) is 12.4 Å². The molecule has 1 fully saturated rings. The molecular formula is C13H20ClN3O4S. The highest BCUT2D eigenvalue weighted by molar-refractivity contribution is 7.89. The number of rotatable bonds is 4. The molecule has 1 aliphatic heterocycles. The summed E-state index contributed by atoms with van der Waals surface area (Å²) in [4.78, 5) is 12.1. The van der Waals surface area contributed by atoms with Crippen LogP contribution >= 0.6 is 12.4 Å². The van der Waals surface area contributed by atoms with E-state index in [0.29, 0.717) is 18.0 Å². The molecule has 4 N–H and O–H groups in total. The average Bonchev–Trinajstić information content (AvgIpc) is 2.47. The predicted octanol–water partition coefficient (Wildman–Crippen LogP) is 0.702. The molecule has 1 aromatic carbocycles. The number of sulfonamides is 1. The first-order valence-corrected chi connectivity index (χ1v) is 8.19. The molecule has 1 atom stereocenters. The highest BCUT2D eigenvalue weighted by atomic mass is 35.5. The Hall–Kier alpha value is -1.35. The second kappa shape index (κ2) is 7.77. The summed E-state index contributed by atoms with van der Waals surface area (Å²) in [5.74, 6) is 0.0909. The first-order valence-electron chi connectivity index (χ1n) is 6.64. The summed E-state index contributed by atoms with van der Waals surface area (Å²) >= 11 is 0. The first-order chi connectivity index (χ1) is 9.91. The van der Waals surface area contributed by atoms with Crippen LogP contribution in [0.3, 0.4) is 0 Å². The van der Waals surface area contributed by atoms with Crippen molar-refractivity contribution in [3.8, 4) is 5.75 Å². The van der Waals surface area contributed by atoms with Crippen molar-refractivity contribution in [1.82, 2.24) is 5.32 Å². The fourth-order valence-corrected chi connectivity index (χ4v) is 2.81. The number of hydrogen-bond donors (Lipinski definition) is 3. The van der Waals surface area contributed by atoms with Crippen LogP contribution in [0.1, 0.15) is 12.8 Å². The van der Waals surface area contributed by atoms with Crippen molar-refractivity contribution in [3.05, 3.63) is 18.2 Å². The molecule has 1 aromatic rings. The number of carbonyl (C=O) groups excluding carboxylic acids is 1. The monoisotopic (exact) mass is 349 g/mol. The number of nitrogens with one attached hydrogen (secondary N) is 2. The summed E-state index contributed by atoms with van der Waals surface area (Å²) in [5.41, 5.74) is 0.305. The Morgan fingerprint density at radius 3 is 2.73 bits per heavy atom. The first kappa shape index (κ1) is 18.7. The van der Waals surface area contributed by atoms with Crippen molar-refractivity contribution in [2.24, 2.45) is 11.1 Å². The summed E-state index contributed by atoms with van der Waals surface area (Å²) in [6.07, 6.45) is 1.74. The number of methoxy groups -OCH3 is 1. The molecule has 0 spiro atoms. The van der Waals surface area contributed by atoms with E-state index in [-0.39, 0.29) is 29.1 Å². The van der Waals surface area contributed by atoms with E-state index in [9.17, 15) is 13.2 Å². The molecule has 0 saturated carbocycles. The fourth-order valence-electron chi connectivity index (χ4n) is 2.27. The maximum atomic E-state index is 12.2. The summed E-state index contributed by atoms with van der Waals surface area (Å²) in [6.45, 7) is 1.52. The number of primary sulfonamides is 1. The van der Waals surface area contributed by atoms with E-state index in [1.54, 1.807) is 0 Å². The minimum Gasteiger partial charge on any atom is -0.495 e. The van der Waals surface area contributed by atoms with Gasteiger partial charge in [0, 0.05) is 6.54 Å². The van der Waals surface area contributed by atoms with Crippen LogP contribution in [0.2, 0.25) is 0 Å². The van der Waals surface area contributed by atoms with Crippen molar-refractivity contribution in [1.29, 1.82) is 0 Å². The highest BCUT2D eigenvalue weighted by Crippen LogP contribution is 2.28. The Kier molecular flexibility index (Phi) is 6.61. The molecule has 1 unspecified atom stereocenters. The molecule has 0 aliphatic carbocycles. The molecule has 1 heterocycles. The van der Waals surface area contributed by atoms with Gasteiger partial charge in [-0.1, -0.05) is 0 Å². The minimum atomic E-state index is -3.83. The van der Waals surface area contributed by atoms with Crippen LogP contribution in [-0.4, -0.2) is 34.5 Å². The van der Waals surface area contributed by atoms with E-state index in [0.717, 1.165) is 19.4 Å². The van der Waals surface area contributed by atoms with Crippen LogP contribution in [0.5, 0.6) is 5.75 Å². The third-order valence-electron chi connectivity index (χ3n) is 3.43. The predicted molar refractivity (Wildman–Crippen MR) is 85.8 cm³/mol. The van der Waals surface area contributed by atoms with Crippen molar-refractivity contribution in [3.63, 3.8) is 0 Å². The van der Waals surface area contributed by atoms with E-state index in [1.807, 2.05) is 0 Å². The third kappa shape index (κ3) is 4.57. The maximum Gasteiger partial charge on any atom is 0.238 e. The van der Waals surface area contributed by atoms with E-state index < -0.39 is 10.0 Å². The van der Waals surface area contributed by atoms with Gasteiger partial charge in [-0.25, -0.2) is 13.6 Å². The van der Waals surface area contributed by atoms with Gasteiger partial charge in [0.25, 0.3) is 0 Å². The van der Waals surface area contributed by atoms with E-state index in [2.05, 4.69) is 10.6 Å². The van der Waals surface area contributed by atoms with Crippen LogP contribution < -0.4 is 20.5 Å². The molecule has 0 aromatic heterocycles. The van der Waals surface area contributed by atoms with Gasteiger partial charge in [-0.3, -0.25) is 4.79 Å². The van der Waals surface area contributed by atoms with Gasteiger partial charge in [0.2, 0.25) is 15.9 Å². The second-order valence-electron chi connectivity index (χ2n) is 4.94. The van der Waals surface area contributed by atoms with Crippen LogP contribution in [0, 0.1) is 5.92 Å². The molecule has 1 aliphatic rings. The topological polar surface area (TPSA) is 111 Å². The Morgan fingerprint density at radius 2 is 2.18 bits per heavy atom. The smallest absolute Gasteiger partial charge is 0.238 e. The number of carbonyl (C=O) groups is 1. The fraction of sp³-hybridized carbons (Fsp3) is 0.462. The van der Waals surface area contributed by atoms with Gasteiger partial charge < -0.3 is 15.4 Å². The molecule has 124 valence electrons. The van der Waals surface area contributed by atoms with Gasteiger partial charge in [-0.2, -0.15) is 0 Å². The van der Waals surface area contributed by atoms with E-state index in [1.165, 1.54) is 25.3 Å².